The third-order valence-electron chi connectivity index (χ3n) is 4.13. The minimum atomic E-state index is -0.148. The lowest BCUT2D eigenvalue weighted by atomic mass is 10.1. The van der Waals surface area contributed by atoms with E-state index in [4.69, 9.17) is 9.15 Å². The van der Waals surface area contributed by atoms with Crippen LogP contribution in [0.15, 0.2) is 47.1 Å². The Bertz CT molecular complexity index is 697. The topological polar surface area (TPSA) is 71.8 Å². The Morgan fingerprint density at radius 3 is 2.58 bits per heavy atom. The highest BCUT2D eigenvalue weighted by Crippen LogP contribution is 2.12. The smallest absolute Gasteiger partial charge is 0.257 e. The fourth-order valence-electron chi connectivity index (χ4n) is 2.61. The van der Waals surface area contributed by atoms with Gasteiger partial charge in [-0.3, -0.25) is 9.59 Å². The molecular formula is C20H26N2O4. The van der Waals surface area contributed by atoms with Crippen LogP contribution in [0, 0.1) is 6.92 Å². The molecule has 2 rings (SSSR count). The number of methoxy groups -OCH3 is 1. The molecular weight excluding hydrogens is 332 g/mol. The second-order valence-electron chi connectivity index (χ2n) is 6.01. The molecule has 6 nitrogen and oxygen atoms in total. The molecule has 0 spiro atoms. The van der Waals surface area contributed by atoms with Crippen molar-refractivity contribution in [2.75, 3.05) is 33.4 Å². The van der Waals surface area contributed by atoms with Gasteiger partial charge in [0.05, 0.1) is 18.4 Å². The molecule has 0 aliphatic rings. The van der Waals surface area contributed by atoms with E-state index < -0.39 is 0 Å². The molecule has 0 aliphatic heterocycles. The lowest BCUT2D eigenvalue weighted by Crippen LogP contribution is -2.37. The summed E-state index contributed by atoms with van der Waals surface area (Å²) in [5, 5.41) is 2.90. The minimum absolute atomic E-state index is 0.0694. The van der Waals surface area contributed by atoms with Crippen LogP contribution >= 0.6 is 0 Å². The molecule has 1 aromatic carbocycles. The predicted molar refractivity (Wildman–Crippen MR) is 99.0 cm³/mol. The molecule has 0 radical (unpaired) electrons. The van der Waals surface area contributed by atoms with Gasteiger partial charge >= 0.3 is 0 Å². The first-order chi connectivity index (χ1) is 12.6. The van der Waals surface area contributed by atoms with Crippen molar-refractivity contribution < 1.29 is 18.7 Å². The lowest BCUT2D eigenvalue weighted by Gasteiger charge is -2.22. The summed E-state index contributed by atoms with van der Waals surface area (Å²) in [6, 6.07) is 11.6. The molecule has 0 aliphatic carbocycles. The van der Waals surface area contributed by atoms with E-state index in [-0.39, 0.29) is 18.2 Å². The normalized spacial score (nSPS) is 10.5. The molecule has 1 aromatic heterocycles. The molecule has 1 N–H and O–H groups in total. The van der Waals surface area contributed by atoms with Crippen LogP contribution in [0.2, 0.25) is 0 Å². The van der Waals surface area contributed by atoms with E-state index in [9.17, 15) is 9.59 Å². The molecule has 2 aromatic rings. The zero-order chi connectivity index (χ0) is 18.8. The number of hydrogen-bond donors (Lipinski definition) is 1. The number of carbonyl (C=O) groups excluding carboxylic acids is 2. The molecule has 0 saturated carbocycles. The number of carbonyl (C=O) groups is 2. The summed E-state index contributed by atoms with van der Waals surface area (Å²) in [5.41, 5.74) is 1.70. The van der Waals surface area contributed by atoms with E-state index in [1.165, 1.54) is 11.8 Å². The fourth-order valence-corrected chi connectivity index (χ4v) is 2.61. The monoisotopic (exact) mass is 358 g/mol. The highest BCUT2D eigenvalue weighted by Gasteiger charge is 2.19. The van der Waals surface area contributed by atoms with Crippen molar-refractivity contribution in [2.45, 2.75) is 19.8 Å². The van der Waals surface area contributed by atoms with E-state index in [1.807, 2.05) is 30.3 Å². The number of rotatable bonds is 10. The van der Waals surface area contributed by atoms with Gasteiger partial charge in [-0.05, 0) is 25.0 Å². The molecule has 1 heterocycles. The number of nitrogens with one attached hydrogen (secondary N) is 1. The number of furan rings is 1. The van der Waals surface area contributed by atoms with Crippen LogP contribution in [0.4, 0.5) is 0 Å². The standard InChI is InChI=1S/C20H26N2O4/c1-16-18(10-14-26-16)20(24)22(13-15-25-2)12-9-19(23)21-11-8-17-6-4-3-5-7-17/h3-7,10,14H,8-9,11-13,15H2,1-2H3,(H,21,23). The Morgan fingerprint density at radius 1 is 1.15 bits per heavy atom. The maximum atomic E-state index is 12.6. The quantitative estimate of drug-likeness (QED) is 0.708. The number of amides is 2. The van der Waals surface area contributed by atoms with Crippen LogP contribution in [0.1, 0.15) is 28.1 Å². The van der Waals surface area contributed by atoms with Crippen LogP contribution < -0.4 is 5.32 Å². The van der Waals surface area contributed by atoms with E-state index in [2.05, 4.69) is 5.32 Å². The van der Waals surface area contributed by atoms with Gasteiger partial charge in [-0.1, -0.05) is 30.3 Å². The summed E-state index contributed by atoms with van der Waals surface area (Å²) in [5.74, 6) is 0.357. The molecule has 140 valence electrons. The van der Waals surface area contributed by atoms with Gasteiger partial charge in [0.25, 0.3) is 5.91 Å². The summed E-state index contributed by atoms with van der Waals surface area (Å²) in [7, 11) is 1.59. The van der Waals surface area contributed by atoms with E-state index in [0.717, 1.165) is 6.42 Å². The van der Waals surface area contributed by atoms with Crippen LogP contribution in [0.5, 0.6) is 0 Å². The van der Waals surface area contributed by atoms with Gasteiger partial charge < -0.3 is 19.4 Å². The lowest BCUT2D eigenvalue weighted by molar-refractivity contribution is -0.121. The van der Waals surface area contributed by atoms with Crippen molar-refractivity contribution in [3.63, 3.8) is 0 Å². The van der Waals surface area contributed by atoms with E-state index in [0.29, 0.717) is 37.6 Å². The third kappa shape index (κ3) is 6.04. The second kappa shape index (κ2) is 10.4. The van der Waals surface area contributed by atoms with Crippen LogP contribution in [0.25, 0.3) is 0 Å². The van der Waals surface area contributed by atoms with Crippen molar-refractivity contribution in [3.05, 3.63) is 59.5 Å². The van der Waals surface area contributed by atoms with Gasteiger partial charge in [-0.2, -0.15) is 0 Å². The third-order valence-corrected chi connectivity index (χ3v) is 4.13. The van der Waals surface area contributed by atoms with Crippen LogP contribution in [0.3, 0.4) is 0 Å². The Balaban J connectivity index is 1.81. The number of benzene rings is 1. The minimum Gasteiger partial charge on any atom is -0.469 e. The van der Waals surface area contributed by atoms with Crippen LogP contribution in [-0.4, -0.2) is 50.1 Å². The number of aryl methyl sites for hydroxylation is 1. The molecule has 0 saturated heterocycles. The molecule has 2 amide bonds. The molecule has 0 atom stereocenters. The molecule has 0 unspecified atom stereocenters. The summed E-state index contributed by atoms with van der Waals surface area (Å²) in [4.78, 5) is 26.3. The summed E-state index contributed by atoms with van der Waals surface area (Å²) in [6.45, 7) is 3.51. The zero-order valence-electron chi connectivity index (χ0n) is 15.4. The molecule has 0 bridgehead atoms. The first kappa shape index (κ1) is 19.7. The van der Waals surface area contributed by atoms with Gasteiger partial charge in [0.2, 0.25) is 5.91 Å². The summed E-state index contributed by atoms with van der Waals surface area (Å²) < 4.78 is 10.3. The molecule has 6 heteroatoms. The second-order valence-corrected chi connectivity index (χ2v) is 6.01. The maximum Gasteiger partial charge on any atom is 0.257 e. The Kier molecular flexibility index (Phi) is 7.89. The average molecular weight is 358 g/mol. The first-order valence-corrected chi connectivity index (χ1v) is 8.74. The van der Waals surface area contributed by atoms with Crippen molar-refractivity contribution >= 4 is 11.8 Å². The van der Waals surface area contributed by atoms with Crippen molar-refractivity contribution in [2.24, 2.45) is 0 Å². The molecule has 0 fully saturated rings. The summed E-state index contributed by atoms with van der Waals surface area (Å²) >= 11 is 0. The average Bonchev–Trinajstić information content (AvgIpc) is 3.08. The Morgan fingerprint density at radius 2 is 1.92 bits per heavy atom. The van der Waals surface area contributed by atoms with Gasteiger partial charge in [0, 0.05) is 33.2 Å². The van der Waals surface area contributed by atoms with E-state index >= 15 is 0 Å². The van der Waals surface area contributed by atoms with Gasteiger partial charge in [0.15, 0.2) is 0 Å². The van der Waals surface area contributed by atoms with Gasteiger partial charge in [-0.15, -0.1) is 0 Å². The summed E-state index contributed by atoms with van der Waals surface area (Å²) in [6.07, 6.45) is 2.53. The predicted octanol–water partition coefficient (Wildman–Crippen LogP) is 2.43. The van der Waals surface area contributed by atoms with Crippen molar-refractivity contribution in [1.29, 1.82) is 0 Å². The fraction of sp³-hybridized carbons (Fsp3) is 0.400. The number of hydrogen-bond acceptors (Lipinski definition) is 4. The van der Waals surface area contributed by atoms with Crippen molar-refractivity contribution in [3.8, 4) is 0 Å². The Hall–Kier alpha value is -2.60. The van der Waals surface area contributed by atoms with Gasteiger partial charge in [-0.25, -0.2) is 0 Å². The first-order valence-electron chi connectivity index (χ1n) is 8.74. The van der Waals surface area contributed by atoms with Crippen LogP contribution in [-0.2, 0) is 16.0 Å². The highest BCUT2D eigenvalue weighted by atomic mass is 16.5. The van der Waals surface area contributed by atoms with E-state index in [1.54, 1.807) is 25.0 Å². The zero-order valence-corrected chi connectivity index (χ0v) is 15.4. The number of ether oxygens (including phenoxy) is 1. The Labute approximate surface area is 154 Å². The van der Waals surface area contributed by atoms with Crippen molar-refractivity contribution in [1.82, 2.24) is 10.2 Å². The largest absolute Gasteiger partial charge is 0.469 e. The maximum absolute atomic E-state index is 12.6. The molecule has 26 heavy (non-hydrogen) atoms. The SMILES string of the molecule is COCCN(CCC(=O)NCCc1ccccc1)C(=O)c1ccoc1C. The number of nitrogens with zero attached hydrogens (tertiary/aromatic N) is 1. The van der Waals surface area contributed by atoms with Gasteiger partial charge in [0.1, 0.15) is 5.76 Å². The highest BCUT2D eigenvalue weighted by molar-refractivity contribution is 5.95.